The Labute approximate surface area is 538 Å². The highest BCUT2D eigenvalue weighted by Crippen LogP contribution is 2.58. The van der Waals surface area contributed by atoms with Gasteiger partial charge in [-0.25, -0.2) is 37.3 Å². The fourth-order valence-corrected chi connectivity index (χ4v) is 15.2. The smallest absolute Gasteiger partial charge is 0.285 e. The largest absolute Gasteiger partial charge is 0.347 e. The third-order valence-electron chi connectivity index (χ3n) is 18.3. The highest BCUT2D eigenvalue weighted by Gasteiger charge is 2.51. The second-order valence-corrected chi connectivity index (χ2v) is 27.3. The summed E-state index contributed by atoms with van der Waals surface area (Å²) in [6.45, 7) is 9.32. The zero-order valence-corrected chi connectivity index (χ0v) is 54.3. The molecule has 24 nitrogen and oxygen atoms in total. The number of anilines is 2. The Morgan fingerprint density at radius 1 is 0.478 bits per heavy atom. The van der Waals surface area contributed by atoms with Crippen LogP contribution in [0.2, 0.25) is 0 Å². The quantitative estimate of drug-likeness (QED) is 0.0777. The van der Waals surface area contributed by atoms with Crippen LogP contribution in [-0.2, 0) is 34.7 Å². The van der Waals surface area contributed by atoms with E-state index in [1.54, 1.807) is 36.4 Å². The molecule has 0 saturated heterocycles. The van der Waals surface area contributed by atoms with Gasteiger partial charge in [0.1, 0.15) is 0 Å². The molecular formula is C62H62Br2Cl2N8O16. The lowest BCUT2D eigenvalue weighted by Gasteiger charge is -2.36. The topological polar surface area (TPSA) is 370 Å². The van der Waals surface area contributed by atoms with Crippen LogP contribution in [-0.4, -0.2) is 54.4 Å². The molecule has 5 aromatic rings. The van der Waals surface area contributed by atoms with E-state index in [-0.39, 0.29) is 53.3 Å². The second kappa shape index (κ2) is 25.5. The standard InChI is InChI=1S/C62H62Br2N8O8.2ClHO4/c1-59(2)43-31-41(69(73)74)23-25-49(43)67(55(59)15-13-17-57-61(27-9-7-10-28-61)45-33-47(63)54(72(79)80)36-52(45)66(57)6)37-39-19-21-40(22-20-39)38-68-50-26-24-42(70(75)76)32-44(50)60(3,4)56(68)16-14-18-58-62(29-11-8-12-30-62)46-34-53(71(77)78)48(64)35-51(46)65(58)5;2*2-1(3,4)5/h13-26,31-36H,7-12,27-30,37-38H2,1-6H3;2*(H,2,3,4,5)/q+2;;/p-2. The van der Waals surface area contributed by atoms with Crippen molar-refractivity contribution in [3.8, 4) is 0 Å². The minimum atomic E-state index is -4.94. The Kier molecular flexibility index (Phi) is 19.0. The number of allylic oxidation sites excluding steroid dienone is 8. The van der Waals surface area contributed by atoms with Gasteiger partial charge in [-0.1, -0.05) is 74.9 Å². The van der Waals surface area contributed by atoms with Crippen molar-refractivity contribution in [2.45, 2.75) is 127 Å². The van der Waals surface area contributed by atoms with E-state index in [0.29, 0.717) is 22.0 Å². The van der Waals surface area contributed by atoms with Gasteiger partial charge in [0.05, 0.1) is 45.2 Å². The van der Waals surface area contributed by atoms with E-state index >= 15 is 0 Å². The van der Waals surface area contributed by atoms with Crippen molar-refractivity contribution >= 4 is 88.8 Å². The second-order valence-electron chi connectivity index (χ2n) is 24.1. The minimum Gasteiger partial charge on any atom is -0.347 e. The molecule has 2 spiro atoms. The summed E-state index contributed by atoms with van der Waals surface area (Å²) in [6, 6.07) is 25.9. The lowest BCUT2D eigenvalue weighted by molar-refractivity contribution is -2.00. The maximum Gasteiger partial charge on any atom is 0.285 e. The Morgan fingerprint density at radius 2 is 0.822 bits per heavy atom. The average molecular weight is 1410 g/mol. The number of halogens is 4. The van der Waals surface area contributed by atoms with Gasteiger partial charge in [-0.15, -0.1) is 20.5 Å². The molecule has 28 heteroatoms. The van der Waals surface area contributed by atoms with E-state index in [2.05, 4.69) is 139 Å². The summed E-state index contributed by atoms with van der Waals surface area (Å²) in [5.41, 5.74) is 11.7. The van der Waals surface area contributed by atoms with Gasteiger partial charge in [-0.2, -0.15) is 9.15 Å². The maximum absolute atomic E-state index is 12.2. The number of nitro benzene ring substituents is 4. The third kappa shape index (κ3) is 13.3. The molecule has 11 rings (SSSR count). The van der Waals surface area contributed by atoms with Crippen LogP contribution in [0.4, 0.5) is 45.5 Å². The summed E-state index contributed by atoms with van der Waals surface area (Å²) >= 11 is 6.98. The van der Waals surface area contributed by atoms with E-state index < -0.39 is 31.3 Å². The van der Waals surface area contributed by atoms with Gasteiger partial charge in [0.25, 0.3) is 22.7 Å². The molecule has 6 aliphatic rings. The molecule has 90 heavy (non-hydrogen) atoms. The lowest BCUT2D eigenvalue weighted by atomic mass is 9.68. The third-order valence-corrected chi connectivity index (χ3v) is 19.6. The van der Waals surface area contributed by atoms with Crippen LogP contribution in [0.1, 0.15) is 125 Å². The molecule has 2 aliphatic carbocycles. The van der Waals surface area contributed by atoms with Crippen LogP contribution >= 0.6 is 31.9 Å². The van der Waals surface area contributed by atoms with Gasteiger partial charge in [0.15, 0.2) is 24.5 Å². The molecule has 2 saturated carbocycles. The Hall–Kier alpha value is -7.18. The predicted octanol–water partition coefficient (Wildman–Crippen LogP) is 6.07. The summed E-state index contributed by atoms with van der Waals surface area (Å²) in [5, 5.41) is 48.6. The van der Waals surface area contributed by atoms with Gasteiger partial charge in [-0.05, 0) is 121 Å². The lowest BCUT2D eigenvalue weighted by Crippen LogP contribution is -2.68. The Balaban J connectivity index is 0.000000891. The number of nitrogens with zero attached hydrogens (tertiary/aromatic N) is 8. The van der Waals surface area contributed by atoms with Crippen molar-refractivity contribution in [3.63, 3.8) is 0 Å². The van der Waals surface area contributed by atoms with E-state index in [1.807, 2.05) is 38.4 Å². The van der Waals surface area contributed by atoms with Gasteiger partial charge in [0, 0.05) is 125 Å². The van der Waals surface area contributed by atoms with Crippen LogP contribution in [0.25, 0.3) is 0 Å². The van der Waals surface area contributed by atoms with Gasteiger partial charge >= 0.3 is 0 Å². The van der Waals surface area contributed by atoms with E-state index in [9.17, 15) is 40.5 Å². The maximum atomic E-state index is 12.2. The Morgan fingerprint density at radius 3 is 1.19 bits per heavy atom. The first-order chi connectivity index (χ1) is 42.1. The molecule has 474 valence electrons. The van der Waals surface area contributed by atoms with Crippen LogP contribution in [0, 0.1) is 60.9 Å². The van der Waals surface area contributed by atoms with Gasteiger partial charge in [0.2, 0.25) is 11.4 Å². The first-order valence-corrected chi connectivity index (χ1v) is 32.6. The summed E-state index contributed by atoms with van der Waals surface area (Å²) in [6.07, 6.45) is 22.6. The van der Waals surface area contributed by atoms with Crippen LogP contribution in [0.15, 0.2) is 142 Å². The SMILES string of the molecule is CN1/C(=C/C=C/C2=[N+](Cc3ccc(C[N+]4=C(/C=C/C=C5/N(C)c6cc(Br)c([N+](=O)[O-])cc6C56CCCCC6)C(C)(C)c5cc([N+](=O)[O-])ccc54)cc3)c3ccc([N+](=O)[O-])cc3C2(C)C)C2(CCCCC2)c2cc(Br)c([N+](=O)[O-])cc21.[O-][Cl+3]([O-])([O-])[O-].[O-][Cl+3]([O-])([O-])[O-]. The summed E-state index contributed by atoms with van der Waals surface area (Å²) in [7, 11) is -5.87. The van der Waals surface area contributed by atoms with Crippen LogP contribution < -0.4 is 47.1 Å². The van der Waals surface area contributed by atoms with Gasteiger partial charge < -0.3 is 9.80 Å². The van der Waals surface area contributed by atoms with Crippen molar-refractivity contribution < 1.29 is 86.6 Å². The van der Waals surface area contributed by atoms with E-state index in [4.69, 9.17) is 37.3 Å². The molecule has 0 unspecified atom stereocenters. The van der Waals surface area contributed by atoms with Crippen molar-refractivity contribution in [3.05, 3.63) is 216 Å². The Bertz CT molecular complexity index is 3800. The van der Waals surface area contributed by atoms with Crippen LogP contribution in [0.5, 0.6) is 0 Å². The zero-order chi connectivity index (χ0) is 65.8. The first kappa shape index (κ1) is 67.2. The number of non-ortho nitro benzene ring substituents is 2. The molecule has 0 radical (unpaired) electrons. The van der Waals surface area contributed by atoms with E-state index in [0.717, 1.165) is 143 Å². The average Bonchev–Trinajstić information content (AvgIpc) is 1.58. The summed E-state index contributed by atoms with van der Waals surface area (Å²) < 4.78 is 73.3. The number of likely N-dealkylation sites (N-methyl/N-ethyl adjacent to an activating group) is 2. The summed E-state index contributed by atoms with van der Waals surface area (Å²) in [5.74, 6) is 0. The molecule has 0 bridgehead atoms. The van der Waals surface area contributed by atoms with Crippen LogP contribution in [0.3, 0.4) is 0 Å². The molecule has 0 amide bonds. The van der Waals surface area contributed by atoms with Crippen molar-refractivity contribution in [1.82, 2.24) is 0 Å². The number of fused-ring (bicyclic) bond motifs is 6. The molecule has 4 heterocycles. The monoisotopic (exact) mass is 1400 g/mol. The van der Waals surface area contributed by atoms with Crippen molar-refractivity contribution in [2.24, 2.45) is 0 Å². The number of hydrogen-bond donors (Lipinski definition) is 0. The zero-order valence-electron chi connectivity index (χ0n) is 49.7. The number of nitro groups is 4. The molecule has 5 aromatic carbocycles. The minimum absolute atomic E-state index is 0.0218. The number of benzene rings is 5. The fraction of sp³-hybridized carbons (Fsp3) is 0.355. The highest BCUT2D eigenvalue weighted by molar-refractivity contribution is 9.11. The molecule has 0 N–H and O–H groups in total. The fourth-order valence-electron chi connectivity index (χ4n) is 14.3. The number of hydrogen-bond acceptors (Lipinski definition) is 18. The molecule has 0 aromatic heterocycles. The van der Waals surface area contributed by atoms with Crippen molar-refractivity contribution in [1.29, 1.82) is 0 Å². The summed E-state index contributed by atoms with van der Waals surface area (Å²) in [4.78, 5) is 51.4. The molecule has 0 atom stereocenters. The normalized spacial score (nSPS) is 19.3. The first-order valence-electron chi connectivity index (χ1n) is 28.5. The molecule has 2 fully saturated rings. The number of rotatable bonds is 12. The molecular weight excluding hydrogens is 1340 g/mol. The van der Waals surface area contributed by atoms with Gasteiger partial charge in [-0.3, -0.25) is 40.5 Å². The highest BCUT2D eigenvalue weighted by atomic mass is 79.9. The van der Waals surface area contributed by atoms with E-state index in [1.165, 1.54) is 0 Å². The predicted molar refractivity (Wildman–Crippen MR) is 318 cm³/mol. The van der Waals surface area contributed by atoms with Crippen molar-refractivity contribution in [2.75, 3.05) is 23.9 Å². The molecule has 4 aliphatic heterocycles.